The fourth-order valence-electron chi connectivity index (χ4n) is 2.75. The number of amides is 1. The lowest BCUT2D eigenvalue weighted by Gasteiger charge is -2.19. The van der Waals surface area contributed by atoms with Crippen LogP contribution in [0.3, 0.4) is 0 Å². The highest BCUT2D eigenvalue weighted by molar-refractivity contribution is 6.01. The van der Waals surface area contributed by atoms with Gasteiger partial charge in [-0.15, -0.1) is 0 Å². The summed E-state index contributed by atoms with van der Waals surface area (Å²) in [6.07, 6.45) is 4.09. The number of rotatable bonds is 10. The van der Waals surface area contributed by atoms with Gasteiger partial charge in [-0.05, 0) is 54.7 Å². The van der Waals surface area contributed by atoms with Gasteiger partial charge in [0.25, 0.3) is 0 Å². The van der Waals surface area contributed by atoms with E-state index in [9.17, 15) is 9.90 Å². The molecule has 6 heteroatoms. The Hall–Kier alpha value is -2.83. The van der Waals surface area contributed by atoms with Crippen molar-refractivity contribution in [3.8, 4) is 5.75 Å². The summed E-state index contributed by atoms with van der Waals surface area (Å²) in [5, 5.41) is 22.0. The third-order valence-corrected chi connectivity index (χ3v) is 4.40. The van der Waals surface area contributed by atoms with E-state index in [0.29, 0.717) is 23.5 Å². The second kappa shape index (κ2) is 11.1. The molecule has 0 unspecified atom stereocenters. The van der Waals surface area contributed by atoms with Crippen molar-refractivity contribution in [3.63, 3.8) is 0 Å². The fraction of sp³-hybridized carbons (Fsp3) is 0.318. The second-order valence-electron chi connectivity index (χ2n) is 6.62. The number of hydrogen-bond acceptors (Lipinski definition) is 5. The minimum Gasteiger partial charge on any atom is -0.491 e. The molecular formula is C22H28N2O4. The molecule has 0 fully saturated rings. The maximum atomic E-state index is 11.9. The highest BCUT2D eigenvalue weighted by Crippen LogP contribution is 2.27. The Labute approximate surface area is 165 Å². The van der Waals surface area contributed by atoms with Crippen LogP contribution in [0.4, 0.5) is 11.4 Å². The zero-order chi connectivity index (χ0) is 20.4. The molecule has 150 valence electrons. The van der Waals surface area contributed by atoms with Gasteiger partial charge in [-0.2, -0.15) is 0 Å². The lowest BCUT2D eigenvalue weighted by molar-refractivity contribution is -0.111. The number of ether oxygens (including phenoxy) is 1. The molecule has 2 rings (SSSR count). The van der Waals surface area contributed by atoms with Crippen molar-refractivity contribution >= 4 is 17.3 Å². The number of allylic oxidation sites excluding steroid dienone is 1. The molecule has 0 saturated heterocycles. The molecule has 0 aliphatic rings. The van der Waals surface area contributed by atoms with Crippen LogP contribution in [0.2, 0.25) is 0 Å². The van der Waals surface area contributed by atoms with Crippen LogP contribution in [0.1, 0.15) is 31.4 Å². The monoisotopic (exact) mass is 384 g/mol. The van der Waals surface area contributed by atoms with E-state index in [1.807, 2.05) is 31.2 Å². The largest absolute Gasteiger partial charge is 0.491 e. The molecule has 0 heterocycles. The van der Waals surface area contributed by atoms with Gasteiger partial charge < -0.3 is 26.0 Å². The number of para-hydroxylation sites is 2. The summed E-state index contributed by atoms with van der Waals surface area (Å²) in [4.78, 5) is 11.9. The summed E-state index contributed by atoms with van der Waals surface area (Å²) in [5.74, 6) is 0.455. The van der Waals surface area contributed by atoms with Crippen molar-refractivity contribution in [3.05, 3.63) is 66.2 Å². The molecule has 0 bridgehead atoms. The van der Waals surface area contributed by atoms with Crippen LogP contribution in [0, 0.1) is 5.92 Å². The topological polar surface area (TPSA) is 105 Å². The van der Waals surface area contributed by atoms with E-state index in [1.165, 1.54) is 6.08 Å². The summed E-state index contributed by atoms with van der Waals surface area (Å²) < 4.78 is 5.32. The summed E-state index contributed by atoms with van der Waals surface area (Å²) in [6.45, 7) is 2.18. The fourth-order valence-corrected chi connectivity index (χ4v) is 2.75. The van der Waals surface area contributed by atoms with Gasteiger partial charge in [0.15, 0.2) is 0 Å². The molecule has 2 aromatic rings. The van der Waals surface area contributed by atoms with E-state index in [2.05, 4.69) is 5.32 Å². The zero-order valence-electron chi connectivity index (χ0n) is 16.0. The van der Waals surface area contributed by atoms with Crippen molar-refractivity contribution in [2.45, 2.75) is 25.9 Å². The molecular weight excluding hydrogens is 356 g/mol. The third-order valence-electron chi connectivity index (χ3n) is 4.40. The zero-order valence-corrected chi connectivity index (χ0v) is 16.0. The number of carbonyl (C=O) groups excluding carboxylic acids is 1. The first-order chi connectivity index (χ1) is 13.5. The molecule has 0 radical (unpaired) electrons. The van der Waals surface area contributed by atoms with E-state index in [-0.39, 0.29) is 25.0 Å². The van der Waals surface area contributed by atoms with Crippen LogP contribution in [-0.2, 0) is 4.79 Å². The normalized spacial score (nSPS) is 13.2. The van der Waals surface area contributed by atoms with Crippen LogP contribution < -0.4 is 15.8 Å². The van der Waals surface area contributed by atoms with E-state index in [4.69, 9.17) is 15.6 Å². The smallest absolute Gasteiger partial charge is 0.248 e. The van der Waals surface area contributed by atoms with Gasteiger partial charge in [0, 0.05) is 0 Å². The molecule has 5 N–H and O–H groups in total. The maximum Gasteiger partial charge on any atom is 0.248 e. The van der Waals surface area contributed by atoms with Gasteiger partial charge in [0.1, 0.15) is 12.4 Å². The van der Waals surface area contributed by atoms with Crippen LogP contribution in [0.25, 0.3) is 0 Å². The first-order valence-electron chi connectivity index (χ1n) is 9.35. The number of benzene rings is 2. The molecule has 0 aliphatic carbocycles. The molecule has 0 saturated carbocycles. The lowest BCUT2D eigenvalue weighted by atomic mass is 9.93. The van der Waals surface area contributed by atoms with Gasteiger partial charge >= 0.3 is 0 Å². The number of nitrogens with one attached hydrogen (secondary N) is 1. The number of nitrogens with two attached hydrogens (primary N) is 1. The number of aliphatic hydroxyl groups is 2. The molecule has 6 nitrogen and oxygen atoms in total. The van der Waals surface area contributed by atoms with E-state index in [0.717, 1.165) is 12.0 Å². The van der Waals surface area contributed by atoms with Crippen molar-refractivity contribution in [1.82, 2.24) is 0 Å². The number of hydrogen-bond donors (Lipinski definition) is 4. The molecule has 2 aromatic carbocycles. The number of nitrogen functional groups attached to an aromatic ring is 1. The quantitative estimate of drug-likeness (QED) is 0.372. The third kappa shape index (κ3) is 6.72. The SMILES string of the molecule is C[C@H](CC/C=C/C(=O)Nc1ccccc1N)[C@@H](O)c1ccc(OCCO)cc1. The minimum absolute atomic E-state index is 0.0293. The van der Waals surface area contributed by atoms with Gasteiger partial charge in [0.2, 0.25) is 5.91 Å². The Morgan fingerprint density at radius 1 is 1.21 bits per heavy atom. The van der Waals surface area contributed by atoms with Crippen LogP contribution in [0.15, 0.2) is 60.7 Å². The van der Waals surface area contributed by atoms with E-state index >= 15 is 0 Å². The molecule has 2 atom stereocenters. The number of anilines is 2. The highest BCUT2D eigenvalue weighted by Gasteiger charge is 2.15. The average Bonchev–Trinajstić information content (AvgIpc) is 2.71. The summed E-state index contributed by atoms with van der Waals surface area (Å²) in [6, 6.07) is 14.3. The molecule has 0 aliphatic heterocycles. The van der Waals surface area contributed by atoms with Crippen molar-refractivity contribution in [2.75, 3.05) is 24.3 Å². The summed E-state index contributed by atoms with van der Waals surface area (Å²) >= 11 is 0. The van der Waals surface area contributed by atoms with Gasteiger partial charge in [-0.3, -0.25) is 4.79 Å². The van der Waals surface area contributed by atoms with Crippen LogP contribution >= 0.6 is 0 Å². The predicted molar refractivity (Wildman–Crippen MR) is 111 cm³/mol. The number of aliphatic hydroxyl groups excluding tert-OH is 2. The standard InChI is InChI=1S/C22H28N2O4/c1-16(22(27)17-10-12-18(13-11-17)28-15-14-25)6-2-5-9-21(26)24-20-8-4-3-7-19(20)23/h3-5,7-13,16,22,25,27H,2,6,14-15,23H2,1H3,(H,24,26)/b9-5+/t16-,22-/m1/s1. The average molecular weight is 384 g/mol. The Morgan fingerprint density at radius 3 is 2.61 bits per heavy atom. The predicted octanol–water partition coefficient (Wildman–Crippen LogP) is 3.28. The highest BCUT2D eigenvalue weighted by atomic mass is 16.5. The van der Waals surface area contributed by atoms with Gasteiger partial charge in [-0.25, -0.2) is 0 Å². The molecule has 0 aromatic heterocycles. The Balaban J connectivity index is 1.77. The minimum atomic E-state index is -0.599. The number of carbonyl (C=O) groups is 1. The first kappa shape index (κ1) is 21.5. The molecule has 1 amide bonds. The van der Waals surface area contributed by atoms with Crippen molar-refractivity contribution < 1.29 is 19.7 Å². The first-order valence-corrected chi connectivity index (χ1v) is 9.35. The van der Waals surface area contributed by atoms with Gasteiger partial charge in [0.05, 0.1) is 24.1 Å². The van der Waals surface area contributed by atoms with E-state index in [1.54, 1.807) is 30.3 Å². The van der Waals surface area contributed by atoms with Crippen molar-refractivity contribution in [1.29, 1.82) is 0 Å². The Bertz CT molecular complexity index is 774. The van der Waals surface area contributed by atoms with Crippen molar-refractivity contribution in [2.24, 2.45) is 5.92 Å². The summed E-state index contributed by atoms with van der Waals surface area (Å²) in [7, 11) is 0. The van der Waals surface area contributed by atoms with Gasteiger partial charge in [-0.1, -0.05) is 37.3 Å². The Morgan fingerprint density at radius 2 is 1.93 bits per heavy atom. The molecule has 28 heavy (non-hydrogen) atoms. The van der Waals surface area contributed by atoms with E-state index < -0.39 is 6.10 Å². The Kier molecular flexibility index (Phi) is 8.52. The van der Waals surface area contributed by atoms with Crippen LogP contribution in [0.5, 0.6) is 5.75 Å². The maximum absolute atomic E-state index is 11.9. The second-order valence-corrected chi connectivity index (χ2v) is 6.62. The molecule has 0 spiro atoms. The lowest BCUT2D eigenvalue weighted by Crippen LogP contribution is -2.10. The summed E-state index contributed by atoms with van der Waals surface area (Å²) in [5.41, 5.74) is 7.72. The van der Waals surface area contributed by atoms with Crippen LogP contribution in [-0.4, -0.2) is 29.3 Å².